The lowest BCUT2D eigenvalue weighted by Gasteiger charge is -2.17. The highest BCUT2D eigenvalue weighted by molar-refractivity contribution is 6.52. The summed E-state index contributed by atoms with van der Waals surface area (Å²) in [5.74, 6) is -0.0998. The first-order valence-electron chi connectivity index (χ1n) is 7.03. The Hall–Kier alpha value is -1.64. The zero-order valence-electron chi connectivity index (χ0n) is 11.9. The van der Waals surface area contributed by atoms with Crippen molar-refractivity contribution < 1.29 is 9.59 Å². The van der Waals surface area contributed by atoms with Crippen molar-refractivity contribution in [3.63, 3.8) is 0 Å². The first kappa shape index (κ1) is 13.8. The number of fused-ring (bicyclic) bond motifs is 1. The van der Waals surface area contributed by atoms with Crippen molar-refractivity contribution in [1.29, 1.82) is 0 Å². The minimum atomic E-state index is -0.369. The third kappa shape index (κ3) is 2.70. The van der Waals surface area contributed by atoms with Crippen LogP contribution in [0.3, 0.4) is 0 Å². The number of Topliss-reactive ketones (excluding diaryl/α,β-unsaturated/α-hetero) is 1. The van der Waals surface area contributed by atoms with Crippen molar-refractivity contribution in [3.05, 3.63) is 29.3 Å². The lowest BCUT2D eigenvalue weighted by molar-refractivity contribution is -0.114. The van der Waals surface area contributed by atoms with Crippen LogP contribution in [-0.4, -0.2) is 18.2 Å². The lowest BCUT2D eigenvalue weighted by atomic mass is 10.1. The molecule has 0 spiro atoms. The highest BCUT2D eigenvalue weighted by atomic mass is 16.2. The van der Waals surface area contributed by atoms with Crippen LogP contribution in [0, 0.1) is 5.92 Å². The van der Waals surface area contributed by atoms with Crippen molar-refractivity contribution >= 4 is 17.4 Å². The standard InChI is InChI=1S/C16H21NO2/c1-4-12-7-8-14-13(10-12)15(18)16(19)17(14)9-5-6-11(2)3/h7-8,10-11H,4-6,9H2,1-3H3. The zero-order valence-corrected chi connectivity index (χ0v) is 11.9. The largest absolute Gasteiger partial charge is 0.305 e. The van der Waals surface area contributed by atoms with Crippen LogP contribution in [0.1, 0.15) is 49.5 Å². The van der Waals surface area contributed by atoms with Gasteiger partial charge in [-0.1, -0.05) is 26.8 Å². The van der Waals surface area contributed by atoms with Crippen LogP contribution in [0.2, 0.25) is 0 Å². The van der Waals surface area contributed by atoms with Crippen LogP contribution in [0.15, 0.2) is 18.2 Å². The van der Waals surface area contributed by atoms with E-state index in [0.29, 0.717) is 18.0 Å². The van der Waals surface area contributed by atoms with Crippen LogP contribution < -0.4 is 4.90 Å². The number of hydrogen-bond acceptors (Lipinski definition) is 2. The summed E-state index contributed by atoms with van der Waals surface area (Å²) in [5.41, 5.74) is 2.47. The third-order valence-electron chi connectivity index (χ3n) is 3.61. The highest BCUT2D eigenvalue weighted by Gasteiger charge is 2.35. The van der Waals surface area contributed by atoms with Crippen LogP contribution in [0.25, 0.3) is 0 Å². The molecule has 0 saturated carbocycles. The van der Waals surface area contributed by atoms with Gasteiger partial charge in [0, 0.05) is 6.54 Å². The molecular formula is C16H21NO2. The minimum Gasteiger partial charge on any atom is -0.305 e. The van der Waals surface area contributed by atoms with Gasteiger partial charge in [-0.05, 0) is 42.9 Å². The van der Waals surface area contributed by atoms with E-state index in [1.54, 1.807) is 4.90 Å². The van der Waals surface area contributed by atoms with Crippen molar-refractivity contribution in [2.75, 3.05) is 11.4 Å². The Morgan fingerprint density at radius 2 is 1.95 bits per heavy atom. The number of ketones is 1. The average Bonchev–Trinajstić information content (AvgIpc) is 2.63. The van der Waals surface area contributed by atoms with E-state index < -0.39 is 0 Å². The summed E-state index contributed by atoms with van der Waals surface area (Å²) < 4.78 is 0. The molecule has 102 valence electrons. The fraction of sp³-hybridized carbons (Fsp3) is 0.500. The second-order valence-corrected chi connectivity index (χ2v) is 5.53. The van der Waals surface area contributed by atoms with Gasteiger partial charge in [0.15, 0.2) is 0 Å². The molecule has 0 bridgehead atoms. The van der Waals surface area contributed by atoms with E-state index in [-0.39, 0.29) is 11.7 Å². The van der Waals surface area contributed by atoms with E-state index in [9.17, 15) is 9.59 Å². The van der Waals surface area contributed by atoms with Crippen LogP contribution in [-0.2, 0) is 11.2 Å². The molecule has 0 N–H and O–H groups in total. The summed E-state index contributed by atoms with van der Waals surface area (Å²) in [4.78, 5) is 25.6. The van der Waals surface area contributed by atoms with Crippen molar-refractivity contribution in [3.8, 4) is 0 Å². The molecule has 0 aliphatic carbocycles. The van der Waals surface area contributed by atoms with Crippen LogP contribution >= 0.6 is 0 Å². The van der Waals surface area contributed by atoms with E-state index in [2.05, 4.69) is 13.8 Å². The molecule has 0 radical (unpaired) electrons. The maximum absolute atomic E-state index is 12.0. The molecule has 1 heterocycles. The molecule has 1 amide bonds. The summed E-state index contributed by atoms with van der Waals surface area (Å²) in [6.45, 7) is 7.02. The van der Waals surface area contributed by atoms with Gasteiger partial charge in [-0.2, -0.15) is 0 Å². The number of amides is 1. The van der Waals surface area contributed by atoms with Gasteiger partial charge in [-0.25, -0.2) is 0 Å². The second-order valence-electron chi connectivity index (χ2n) is 5.53. The summed E-state index contributed by atoms with van der Waals surface area (Å²) in [6.07, 6.45) is 2.88. The lowest BCUT2D eigenvalue weighted by Crippen LogP contribution is -2.30. The van der Waals surface area contributed by atoms with Gasteiger partial charge >= 0.3 is 0 Å². The molecule has 1 aliphatic rings. The molecule has 3 heteroatoms. The molecule has 3 nitrogen and oxygen atoms in total. The van der Waals surface area contributed by atoms with Gasteiger partial charge in [0.25, 0.3) is 11.7 Å². The number of carbonyl (C=O) groups excluding carboxylic acids is 2. The second kappa shape index (κ2) is 5.55. The van der Waals surface area contributed by atoms with Gasteiger partial charge in [0.05, 0.1) is 11.3 Å². The van der Waals surface area contributed by atoms with Gasteiger partial charge < -0.3 is 4.90 Å². The first-order chi connectivity index (χ1) is 9.04. The van der Waals surface area contributed by atoms with E-state index in [4.69, 9.17) is 0 Å². The fourth-order valence-electron chi connectivity index (χ4n) is 2.45. The first-order valence-corrected chi connectivity index (χ1v) is 7.03. The van der Waals surface area contributed by atoms with E-state index in [1.165, 1.54) is 0 Å². The van der Waals surface area contributed by atoms with Gasteiger partial charge in [0.1, 0.15) is 0 Å². The molecule has 2 rings (SSSR count). The number of benzene rings is 1. The molecule has 0 aromatic heterocycles. The van der Waals surface area contributed by atoms with Gasteiger partial charge in [-0.15, -0.1) is 0 Å². The Balaban J connectivity index is 2.19. The average molecular weight is 259 g/mol. The number of nitrogens with zero attached hydrogens (tertiary/aromatic N) is 1. The Kier molecular flexibility index (Phi) is 4.03. The number of anilines is 1. The Morgan fingerprint density at radius 3 is 2.58 bits per heavy atom. The predicted molar refractivity (Wildman–Crippen MR) is 76.6 cm³/mol. The van der Waals surface area contributed by atoms with E-state index in [1.807, 2.05) is 25.1 Å². The Bertz CT molecular complexity index is 505. The Morgan fingerprint density at radius 1 is 1.21 bits per heavy atom. The van der Waals surface area contributed by atoms with Crippen LogP contribution in [0.5, 0.6) is 0 Å². The van der Waals surface area contributed by atoms with Crippen molar-refractivity contribution in [2.24, 2.45) is 5.92 Å². The summed E-state index contributed by atoms with van der Waals surface area (Å²) in [6, 6.07) is 5.77. The number of carbonyl (C=O) groups is 2. The van der Waals surface area contributed by atoms with E-state index in [0.717, 1.165) is 30.5 Å². The molecule has 1 aliphatic heterocycles. The topological polar surface area (TPSA) is 37.4 Å². The molecule has 0 fully saturated rings. The van der Waals surface area contributed by atoms with E-state index >= 15 is 0 Å². The quantitative estimate of drug-likeness (QED) is 0.761. The number of hydrogen-bond donors (Lipinski definition) is 0. The maximum Gasteiger partial charge on any atom is 0.299 e. The van der Waals surface area contributed by atoms with Crippen LogP contribution in [0.4, 0.5) is 5.69 Å². The summed E-state index contributed by atoms with van der Waals surface area (Å²) >= 11 is 0. The number of rotatable bonds is 5. The minimum absolute atomic E-state index is 0.352. The summed E-state index contributed by atoms with van der Waals surface area (Å²) in [5, 5.41) is 0. The third-order valence-corrected chi connectivity index (χ3v) is 3.61. The van der Waals surface area contributed by atoms with Gasteiger partial charge in [0.2, 0.25) is 0 Å². The van der Waals surface area contributed by atoms with Gasteiger partial charge in [-0.3, -0.25) is 9.59 Å². The fourth-order valence-corrected chi connectivity index (χ4v) is 2.45. The smallest absolute Gasteiger partial charge is 0.299 e. The van der Waals surface area contributed by atoms with Crippen molar-refractivity contribution in [2.45, 2.75) is 40.0 Å². The molecule has 0 unspecified atom stereocenters. The molecular weight excluding hydrogens is 238 g/mol. The molecule has 19 heavy (non-hydrogen) atoms. The molecule has 1 aromatic carbocycles. The summed E-state index contributed by atoms with van der Waals surface area (Å²) in [7, 11) is 0. The zero-order chi connectivity index (χ0) is 14.0. The SMILES string of the molecule is CCc1ccc2c(c1)C(=O)C(=O)N2CCCC(C)C. The normalized spacial score (nSPS) is 14.4. The monoisotopic (exact) mass is 259 g/mol. The molecule has 1 aromatic rings. The molecule has 0 atom stereocenters. The highest BCUT2D eigenvalue weighted by Crippen LogP contribution is 2.30. The number of aryl methyl sites for hydroxylation is 1. The Labute approximate surface area is 114 Å². The predicted octanol–water partition coefficient (Wildman–Crippen LogP) is 3.21. The van der Waals surface area contributed by atoms with Crippen molar-refractivity contribution in [1.82, 2.24) is 0 Å². The maximum atomic E-state index is 12.0. The molecule has 0 saturated heterocycles.